The number of hydrogen-bond acceptors (Lipinski definition) is 8. The summed E-state index contributed by atoms with van der Waals surface area (Å²) in [6.45, 7) is 5.09. The van der Waals surface area contributed by atoms with Crippen LogP contribution in [0.3, 0.4) is 0 Å². The van der Waals surface area contributed by atoms with E-state index < -0.39 is 0 Å². The van der Waals surface area contributed by atoms with Crippen molar-refractivity contribution in [1.82, 2.24) is 25.8 Å². The van der Waals surface area contributed by atoms with Gasteiger partial charge in [0, 0.05) is 92.2 Å². The molecule has 0 saturated carbocycles. The second kappa shape index (κ2) is 16.8. The predicted molar refractivity (Wildman–Crippen MR) is 203 cm³/mol. The summed E-state index contributed by atoms with van der Waals surface area (Å²) in [5.41, 5.74) is 6.45. The highest BCUT2D eigenvalue weighted by molar-refractivity contribution is 6.39. The molecule has 0 radical (unpaired) electrons. The number of benzene rings is 3. The summed E-state index contributed by atoms with van der Waals surface area (Å²) in [4.78, 5) is 29.8. The van der Waals surface area contributed by atoms with Gasteiger partial charge in [-0.25, -0.2) is 0 Å². The van der Waals surface area contributed by atoms with Crippen LogP contribution in [0, 0.1) is 0 Å². The molecule has 2 aliphatic rings. The zero-order chi connectivity index (χ0) is 35.9. The number of carbonyl (C=O) groups is 2. The molecule has 6 rings (SSSR count). The standard InChI is InChI=1S/C39H44Cl2N6O4/c1-24(48)47-18-15-28(16-19-47)44-22-27-6-4-9-33(39(27)51-3)46-32-8-5-7-30(36(32)40)31-14-17-43-38(37(31)41)25-10-11-26(34(20-25)50-2)21-42-23-29-12-13-35(49)45-29/h4-11,14,17,20,28-29,42,44,46H,12-13,15-16,18-19,21-23H2,1-3H3,(H,45,49). The summed E-state index contributed by atoms with van der Waals surface area (Å²) >= 11 is 14.2. The number of methoxy groups -OCH3 is 2. The maximum absolute atomic E-state index is 11.7. The van der Waals surface area contributed by atoms with Crippen LogP contribution >= 0.6 is 23.2 Å². The maximum atomic E-state index is 11.7. The van der Waals surface area contributed by atoms with Crippen molar-refractivity contribution in [2.75, 3.05) is 39.2 Å². The summed E-state index contributed by atoms with van der Waals surface area (Å²) in [6.07, 6.45) is 4.99. The molecular formula is C39H44Cl2N6O4. The van der Waals surface area contributed by atoms with Gasteiger partial charge in [0.25, 0.3) is 0 Å². The van der Waals surface area contributed by atoms with Crippen molar-refractivity contribution < 1.29 is 19.1 Å². The smallest absolute Gasteiger partial charge is 0.220 e. The average molecular weight is 732 g/mol. The third-order valence-electron chi connectivity index (χ3n) is 9.62. The minimum atomic E-state index is 0.106. The van der Waals surface area contributed by atoms with Crippen LogP contribution in [0.4, 0.5) is 11.4 Å². The van der Waals surface area contributed by atoms with Crippen molar-refractivity contribution in [3.05, 3.63) is 88.0 Å². The Kier molecular flexibility index (Phi) is 12.0. The Morgan fingerprint density at radius 1 is 0.922 bits per heavy atom. The number of amides is 2. The molecule has 2 aliphatic heterocycles. The fourth-order valence-electron chi connectivity index (χ4n) is 6.80. The molecule has 51 heavy (non-hydrogen) atoms. The Labute approximate surface area is 309 Å². The van der Waals surface area contributed by atoms with E-state index in [1.807, 2.05) is 65.6 Å². The molecule has 2 saturated heterocycles. The van der Waals surface area contributed by atoms with Crippen molar-refractivity contribution in [2.24, 2.45) is 0 Å². The predicted octanol–water partition coefficient (Wildman–Crippen LogP) is 6.95. The van der Waals surface area contributed by atoms with Crippen molar-refractivity contribution in [3.8, 4) is 33.9 Å². The highest BCUT2D eigenvalue weighted by atomic mass is 35.5. The number of aromatic nitrogens is 1. The monoisotopic (exact) mass is 730 g/mol. The SMILES string of the molecule is COc1cc(-c2nccc(-c3cccc(Nc4cccc(CNC5CCN(C(C)=O)CC5)c4OC)c3Cl)c2Cl)ccc1CNCC1CCC(=O)N1. The Morgan fingerprint density at radius 3 is 2.41 bits per heavy atom. The summed E-state index contributed by atoms with van der Waals surface area (Å²) in [6, 6.07) is 20.1. The van der Waals surface area contributed by atoms with E-state index in [1.54, 1.807) is 27.3 Å². The van der Waals surface area contributed by atoms with Gasteiger partial charge in [0.1, 0.15) is 11.5 Å². The van der Waals surface area contributed by atoms with Crippen LogP contribution in [0.5, 0.6) is 11.5 Å². The third kappa shape index (κ3) is 8.59. The number of likely N-dealkylation sites (tertiary alicyclic amines) is 1. The Bertz CT molecular complexity index is 1880. The first kappa shape index (κ1) is 36.4. The molecule has 0 spiro atoms. The summed E-state index contributed by atoms with van der Waals surface area (Å²) in [7, 11) is 3.31. The molecule has 4 N–H and O–H groups in total. The van der Waals surface area contributed by atoms with E-state index in [1.165, 1.54) is 0 Å². The molecule has 10 nitrogen and oxygen atoms in total. The van der Waals surface area contributed by atoms with Crippen LogP contribution < -0.4 is 30.7 Å². The lowest BCUT2D eigenvalue weighted by Gasteiger charge is -2.32. The summed E-state index contributed by atoms with van der Waals surface area (Å²) in [5.74, 6) is 1.68. The second-order valence-corrected chi connectivity index (χ2v) is 13.7. The molecule has 12 heteroatoms. The van der Waals surface area contributed by atoms with Crippen LogP contribution in [0.1, 0.15) is 43.7 Å². The number of rotatable bonds is 13. The number of hydrogen-bond donors (Lipinski definition) is 4. The Morgan fingerprint density at radius 2 is 1.69 bits per heavy atom. The van der Waals surface area contributed by atoms with Crippen molar-refractivity contribution in [2.45, 2.75) is 57.8 Å². The Hall–Kier alpha value is -4.35. The number of pyridine rings is 1. The largest absolute Gasteiger partial charge is 0.496 e. The Balaban J connectivity index is 1.18. The molecule has 2 amide bonds. The molecular weight excluding hydrogens is 687 g/mol. The molecule has 268 valence electrons. The van der Waals surface area contributed by atoms with E-state index in [0.717, 1.165) is 71.6 Å². The van der Waals surface area contributed by atoms with Gasteiger partial charge in [-0.1, -0.05) is 59.6 Å². The zero-order valence-corrected chi connectivity index (χ0v) is 30.7. The minimum Gasteiger partial charge on any atom is -0.496 e. The van der Waals surface area contributed by atoms with Gasteiger partial charge in [0.15, 0.2) is 0 Å². The average Bonchev–Trinajstić information content (AvgIpc) is 3.56. The quantitative estimate of drug-likeness (QED) is 0.117. The van der Waals surface area contributed by atoms with Crippen molar-refractivity contribution in [1.29, 1.82) is 0 Å². The zero-order valence-electron chi connectivity index (χ0n) is 29.2. The summed E-state index contributed by atoms with van der Waals surface area (Å²) in [5, 5.41) is 14.5. The molecule has 2 fully saturated rings. The first-order valence-electron chi connectivity index (χ1n) is 17.3. The molecule has 1 aromatic heterocycles. The van der Waals surface area contributed by atoms with Gasteiger partial charge in [0.2, 0.25) is 11.8 Å². The van der Waals surface area contributed by atoms with Crippen molar-refractivity contribution >= 4 is 46.4 Å². The van der Waals surface area contributed by atoms with E-state index >= 15 is 0 Å². The number of anilines is 2. The number of ether oxygens (including phenoxy) is 2. The van der Waals surface area contributed by atoms with Gasteiger partial charge in [0.05, 0.1) is 41.3 Å². The fraction of sp³-hybridized carbons (Fsp3) is 0.359. The van der Waals surface area contributed by atoms with Gasteiger partial charge >= 0.3 is 0 Å². The molecule has 1 atom stereocenters. The molecule has 3 heterocycles. The minimum absolute atomic E-state index is 0.106. The van der Waals surface area contributed by atoms with E-state index in [0.29, 0.717) is 59.3 Å². The van der Waals surface area contributed by atoms with Crippen LogP contribution in [0.2, 0.25) is 10.0 Å². The van der Waals surface area contributed by atoms with Crippen molar-refractivity contribution in [3.63, 3.8) is 0 Å². The lowest BCUT2D eigenvalue weighted by atomic mass is 10.0. The molecule has 0 bridgehead atoms. The third-order valence-corrected chi connectivity index (χ3v) is 10.4. The van der Waals surface area contributed by atoms with E-state index in [2.05, 4.69) is 26.3 Å². The van der Waals surface area contributed by atoms with E-state index in [4.69, 9.17) is 32.7 Å². The van der Waals surface area contributed by atoms with E-state index in [-0.39, 0.29) is 17.9 Å². The molecule has 1 unspecified atom stereocenters. The molecule has 3 aromatic carbocycles. The lowest BCUT2D eigenvalue weighted by Crippen LogP contribution is -2.43. The van der Waals surface area contributed by atoms with E-state index in [9.17, 15) is 9.59 Å². The van der Waals surface area contributed by atoms with Crippen LogP contribution in [-0.4, -0.2) is 67.6 Å². The van der Waals surface area contributed by atoms with Crippen LogP contribution in [0.25, 0.3) is 22.4 Å². The topological polar surface area (TPSA) is 117 Å². The fourth-order valence-corrected chi connectivity index (χ4v) is 7.40. The van der Waals surface area contributed by atoms with Gasteiger partial charge in [-0.15, -0.1) is 0 Å². The number of halogens is 2. The lowest BCUT2D eigenvalue weighted by molar-refractivity contribution is -0.130. The van der Waals surface area contributed by atoms with Gasteiger partial charge in [-0.2, -0.15) is 0 Å². The van der Waals surface area contributed by atoms with Crippen LogP contribution in [0.15, 0.2) is 66.9 Å². The first-order valence-corrected chi connectivity index (χ1v) is 18.0. The number of piperidine rings is 1. The molecule has 0 aliphatic carbocycles. The van der Waals surface area contributed by atoms with Gasteiger partial charge in [-0.3, -0.25) is 14.6 Å². The number of carbonyl (C=O) groups excluding carboxylic acids is 2. The first-order chi connectivity index (χ1) is 24.7. The number of para-hydroxylation sites is 1. The molecule has 4 aromatic rings. The van der Waals surface area contributed by atoms with Gasteiger partial charge in [-0.05, 0) is 43.5 Å². The van der Waals surface area contributed by atoms with Gasteiger partial charge < -0.3 is 35.6 Å². The highest BCUT2D eigenvalue weighted by Gasteiger charge is 2.23. The highest BCUT2D eigenvalue weighted by Crippen LogP contribution is 2.42. The normalized spacial score (nSPS) is 16.2. The second-order valence-electron chi connectivity index (χ2n) is 12.9. The summed E-state index contributed by atoms with van der Waals surface area (Å²) < 4.78 is 11.6. The number of nitrogens with one attached hydrogen (secondary N) is 4. The maximum Gasteiger partial charge on any atom is 0.220 e. The number of nitrogens with zero attached hydrogens (tertiary/aromatic N) is 2. The van der Waals surface area contributed by atoms with Crippen LogP contribution in [-0.2, 0) is 22.7 Å².